The molecule has 0 saturated heterocycles. The molecule has 5 heteroatoms. The third kappa shape index (κ3) is 3.31. The standard InChI is InChI=1S/C17H17NO2S2/c1-12-9-16(13(2)22-12)17(19)18(10-14-5-3-7-20-14)11-15-6-4-8-21-15/h3-9H,10-11H2,1-2H3. The monoisotopic (exact) mass is 331 g/mol. The molecule has 0 radical (unpaired) electrons. The summed E-state index contributed by atoms with van der Waals surface area (Å²) >= 11 is 3.33. The molecule has 0 unspecified atom stereocenters. The van der Waals surface area contributed by atoms with Gasteiger partial charge in [-0.25, -0.2) is 0 Å². The van der Waals surface area contributed by atoms with Gasteiger partial charge < -0.3 is 9.32 Å². The van der Waals surface area contributed by atoms with Gasteiger partial charge in [-0.05, 0) is 43.5 Å². The zero-order chi connectivity index (χ0) is 15.5. The molecule has 1 amide bonds. The van der Waals surface area contributed by atoms with Crippen LogP contribution in [0, 0.1) is 13.8 Å². The zero-order valence-electron chi connectivity index (χ0n) is 12.5. The Hall–Kier alpha value is -1.85. The van der Waals surface area contributed by atoms with Gasteiger partial charge in [0.15, 0.2) is 0 Å². The minimum Gasteiger partial charge on any atom is -0.467 e. The third-order valence-electron chi connectivity index (χ3n) is 3.41. The molecule has 0 N–H and O–H groups in total. The number of carbonyl (C=O) groups is 1. The van der Waals surface area contributed by atoms with E-state index in [1.807, 2.05) is 48.4 Å². The molecule has 0 aliphatic carbocycles. The number of thiophene rings is 2. The summed E-state index contributed by atoms with van der Waals surface area (Å²) in [7, 11) is 0. The van der Waals surface area contributed by atoms with E-state index in [-0.39, 0.29) is 5.91 Å². The van der Waals surface area contributed by atoms with E-state index in [4.69, 9.17) is 4.42 Å². The maximum Gasteiger partial charge on any atom is 0.255 e. The zero-order valence-corrected chi connectivity index (χ0v) is 14.2. The molecule has 0 saturated carbocycles. The summed E-state index contributed by atoms with van der Waals surface area (Å²) in [5.41, 5.74) is 0.797. The molecule has 0 aliphatic heterocycles. The van der Waals surface area contributed by atoms with Crippen molar-refractivity contribution in [3.05, 3.63) is 67.9 Å². The lowest BCUT2D eigenvalue weighted by Crippen LogP contribution is -2.29. The van der Waals surface area contributed by atoms with Crippen LogP contribution in [-0.2, 0) is 13.1 Å². The molecule has 0 atom stereocenters. The summed E-state index contributed by atoms with van der Waals surface area (Å²) in [5.74, 6) is 0.862. The number of furan rings is 1. The van der Waals surface area contributed by atoms with Crippen LogP contribution in [0.5, 0.6) is 0 Å². The Morgan fingerprint density at radius 1 is 1.23 bits per heavy atom. The predicted octanol–water partition coefficient (Wildman–Crippen LogP) is 4.86. The quantitative estimate of drug-likeness (QED) is 0.669. The molecule has 22 heavy (non-hydrogen) atoms. The van der Waals surface area contributed by atoms with Gasteiger partial charge >= 0.3 is 0 Å². The lowest BCUT2D eigenvalue weighted by molar-refractivity contribution is 0.0719. The van der Waals surface area contributed by atoms with Crippen LogP contribution in [0.25, 0.3) is 0 Å². The van der Waals surface area contributed by atoms with Crippen molar-refractivity contribution < 1.29 is 9.21 Å². The summed E-state index contributed by atoms with van der Waals surface area (Å²) < 4.78 is 5.42. The van der Waals surface area contributed by atoms with E-state index in [2.05, 4.69) is 6.07 Å². The van der Waals surface area contributed by atoms with Gasteiger partial charge in [-0.3, -0.25) is 4.79 Å². The molecule has 3 rings (SSSR count). The Morgan fingerprint density at radius 2 is 2.09 bits per heavy atom. The highest BCUT2D eigenvalue weighted by Gasteiger charge is 2.21. The fourth-order valence-electron chi connectivity index (χ4n) is 2.39. The van der Waals surface area contributed by atoms with Crippen molar-refractivity contribution >= 4 is 28.6 Å². The molecule has 3 heterocycles. The van der Waals surface area contributed by atoms with Crippen LogP contribution in [0.3, 0.4) is 0 Å². The molecular formula is C17H17NO2S2. The molecule has 0 spiro atoms. The largest absolute Gasteiger partial charge is 0.467 e. The first kappa shape index (κ1) is 15.1. The Morgan fingerprint density at radius 3 is 2.68 bits per heavy atom. The average Bonchev–Trinajstić information content (AvgIpc) is 3.20. The summed E-state index contributed by atoms with van der Waals surface area (Å²) in [6, 6.07) is 9.80. The first-order chi connectivity index (χ1) is 10.6. The minimum atomic E-state index is 0.0617. The predicted molar refractivity (Wildman–Crippen MR) is 90.4 cm³/mol. The molecule has 3 aromatic rings. The van der Waals surface area contributed by atoms with Crippen molar-refractivity contribution in [3.63, 3.8) is 0 Å². The fourth-order valence-corrected chi connectivity index (χ4v) is 4.03. The topological polar surface area (TPSA) is 33.5 Å². The number of nitrogens with zero attached hydrogens (tertiary/aromatic N) is 1. The smallest absolute Gasteiger partial charge is 0.255 e. The average molecular weight is 331 g/mol. The van der Waals surface area contributed by atoms with Gasteiger partial charge in [-0.15, -0.1) is 22.7 Å². The molecule has 114 valence electrons. The van der Waals surface area contributed by atoms with Gasteiger partial charge in [-0.2, -0.15) is 0 Å². The van der Waals surface area contributed by atoms with Crippen LogP contribution in [0.1, 0.15) is 30.7 Å². The lowest BCUT2D eigenvalue weighted by Gasteiger charge is -2.21. The Balaban J connectivity index is 1.86. The maximum absolute atomic E-state index is 12.9. The first-order valence-electron chi connectivity index (χ1n) is 7.04. The summed E-state index contributed by atoms with van der Waals surface area (Å²) in [5, 5.41) is 2.03. The molecule has 3 aromatic heterocycles. The first-order valence-corrected chi connectivity index (χ1v) is 8.74. The highest BCUT2D eigenvalue weighted by atomic mass is 32.1. The Labute approximate surface area is 137 Å². The van der Waals surface area contributed by atoms with Gasteiger partial charge in [0, 0.05) is 14.6 Å². The summed E-state index contributed by atoms with van der Waals surface area (Å²) in [6.07, 6.45) is 1.64. The van der Waals surface area contributed by atoms with Crippen molar-refractivity contribution in [1.82, 2.24) is 4.90 Å². The van der Waals surface area contributed by atoms with Gasteiger partial charge in [0.25, 0.3) is 5.91 Å². The molecule has 0 bridgehead atoms. The van der Waals surface area contributed by atoms with Crippen molar-refractivity contribution in [1.29, 1.82) is 0 Å². The molecular weight excluding hydrogens is 314 g/mol. The SMILES string of the molecule is Cc1cc(C(=O)N(Cc2ccco2)Cc2cccs2)c(C)s1. The van der Waals surface area contributed by atoms with Crippen molar-refractivity contribution in [2.75, 3.05) is 0 Å². The van der Waals surface area contributed by atoms with Crippen LogP contribution in [0.4, 0.5) is 0 Å². The van der Waals surface area contributed by atoms with E-state index in [0.717, 1.165) is 21.1 Å². The molecule has 0 fully saturated rings. The normalized spacial score (nSPS) is 10.8. The number of aryl methyl sites for hydroxylation is 2. The summed E-state index contributed by atoms with van der Waals surface area (Å²) in [4.78, 5) is 18.2. The van der Waals surface area contributed by atoms with Crippen LogP contribution in [0.2, 0.25) is 0 Å². The van der Waals surface area contributed by atoms with E-state index in [0.29, 0.717) is 13.1 Å². The van der Waals surface area contributed by atoms with Crippen LogP contribution < -0.4 is 0 Å². The highest BCUT2D eigenvalue weighted by Crippen LogP contribution is 2.24. The second kappa shape index (κ2) is 6.50. The van der Waals surface area contributed by atoms with Crippen molar-refractivity contribution in [3.8, 4) is 0 Å². The maximum atomic E-state index is 12.9. The van der Waals surface area contributed by atoms with Crippen molar-refractivity contribution in [2.45, 2.75) is 26.9 Å². The highest BCUT2D eigenvalue weighted by molar-refractivity contribution is 7.12. The number of hydrogen-bond donors (Lipinski definition) is 0. The minimum absolute atomic E-state index is 0.0617. The van der Waals surface area contributed by atoms with Gasteiger partial charge in [0.1, 0.15) is 5.76 Å². The fraction of sp³-hybridized carbons (Fsp3) is 0.235. The molecule has 3 nitrogen and oxygen atoms in total. The number of rotatable bonds is 5. The second-order valence-electron chi connectivity index (χ2n) is 5.15. The van der Waals surface area contributed by atoms with Crippen LogP contribution in [0.15, 0.2) is 46.4 Å². The van der Waals surface area contributed by atoms with Crippen molar-refractivity contribution in [2.24, 2.45) is 0 Å². The second-order valence-corrected chi connectivity index (χ2v) is 7.64. The molecule has 0 aromatic carbocycles. The number of carbonyl (C=O) groups excluding carboxylic acids is 1. The Bertz CT molecular complexity index is 706. The number of hydrogen-bond acceptors (Lipinski definition) is 4. The van der Waals surface area contributed by atoms with Gasteiger partial charge in [-0.1, -0.05) is 6.07 Å². The van der Waals surface area contributed by atoms with Crippen LogP contribution in [-0.4, -0.2) is 10.8 Å². The van der Waals surface area contributed by atoms with Gasteiger partial charge in [0.05, 0.1) is 24.9 Å². The lowest BCUT2D eigenvalue weighted by atomic mass is 10.2. The third-order valence-corrected chi connectivity index (χ3v) is 5.24. The van der Waals surface area contributed by atoms with E-state index in [1.54, 1.807) is 28.9 Å². The Kier molecular flexibility index (Phi) is 4.45. The summed E-state index contributed by atoms with van der Waals surface area (Å²) in [6.45, 7) is 5.12. The molecule has 0 aliphatic rings. The van der Waals surface area contributed by atoms with E-state index >= 15 is 0 Å². The van der Waals surface area contributed by atoms with E-state index in [9.17, 15) is 4.79 Å². The van der Waals surface area contributed by atoms with Crippen LogP contribution >= 0.6 is 22.7 Å². The van der Waals surface area contributed by atoms with Gasteiger partial charge in [0.2, 0.25) is 0 Å². The van der Waals surface area contributed by atoms with E-state index in [1.165, 1.54) is 4.88 Å². The number of amides is 1. The van der Waals surface area contributed by atoms with E-state index < -0.39 is 0 Å².